The summed E-state index contributed by atoms with van der Waals surface area (Å²) < 4.78 is 16.9. The lowest BCUT2D eigenvalue weighted by molar-refractivity contribution is 0.0427. The SMILES string of the molecule is CCOc1cccc(C(=O)N2CCC3(CC(=O)c4cc(OC)ccc4O3)C2)c1. The molecule has 2 aliphatic heterocycles. The van der Waals surface area contributed by atoms with E-state index < -0.39 is 5.60 Å². The number of carbonyl (C=O) groups is 2. The van der Waals surface area contributed by atoms with Crippen LogP contribution in [0.4, 0.5) is 0 Å². The Hall–Kier alpha value is -3.02. The van der Waals surface area contributed by atoms with Crippen LogP contribution in [0.15, 0.2) is 42.5 Å². The fourth-order valence-corrected chi connectivity index (χ4v) is 3.91. The van der Waals surface area contributed by atoms with E-state index in [1.807, 2.05) is 19.1 Å². The van der Waals surface area contributed by atoms with E-state index in [0.717, 1.165) is 0 Å². The van der Waals surface area contributed by atoms with Crippen molar-refractivity contribution in [3.63, 3.8) is 0 Å². The Kier molecular flexibility index (Phi) is 4.71. The smallest absolute Gasteiger partial charge is 0.254 e. The van der Waals surface area contributed by atoms with E-state index in [1.165, 1.54) is 0 Å². The molecule has 146 valence electrons. The Bertz CT molecular complexity index is 925. The molecule has 1 saturated heterocycles. The highest BCUT2D eigenvalue weighted by atomic mass is 16.5. The van der Waals surface area contributed by atoms with Crippen LogP contribution in [0, 0.1) is 0 Å². The lowest BCUT2D eigenvalue weighted by atomic mass is 9.89. The zero-order chi connectivity index (χ0) is 19.7. The highest BCUT2D eigenvalue weighted by Gasteiger charge is 2.47. The summed E-state index contributed by atoms with van der Waals surface area (Å²) in [4.78, 5) is 27.4. The molecular formula is C22H23NO5. The van der Waals surface area contributed by atoms with Crippen LogP contribution < -0.4 is 14.2 Å². The van der Waals surface area contributed by atoms with Crippen molar-refractivity contribution in [1.82, 2.24) is 4.90 Å². The fraction of sp³-hybridized carbons (Fsp3) is 0.364. The van der Waals surface area contributed by atoms with Crippen LogP contribution in [-0.2, 0) is 0 Å². The number of hydrogen-bond donors (Lipinski definition) is 0. The largest absolute Gasteiger partial charge is 0.497 e. The Balaban J connectivity index is 1.52. The first-order valence-corrected chi connectivity index (χ1v) is 9.46. The number of Topliss-reactive ketones (excluding diaryl/α,β-unsaturated/α-hetero) is 1. The molecule has 2 aromatic carbocycles. The molecular weight excluding hydrogens is 358 g/mol. The predicted octanol–water partition coefficient (Wildman–Crippen LogP) is 3.34. The molecule has 0 radical (unpaired) electrons. The molecule has 0 bridgehead atoms. The average Bonchev–Trinajstić information content (AvgIpc) is 3.10. The van der Waals surface area contributed by atoms with Crippen LogP contribution in [0.3, 0.4) is 0 Å². The van der Waals surface area contributed by atoms with Gasteiger partial charge in [0.05, 0.1) is 32.2 Å². The van der Waals surface area contributed by atoms with Crippen molar-refractivity contribution in [2.75, 3.05) is 26.8 Å². The van der Waals surface area contributed by atoms with Gasteiger partial charge in [0.1, 0.15) is 22.8 Å². The van der Waals surface area contributed by atoms with E-state index in [9.17, 15) is 9.59 Å². The van der Waals surface area contributed by atoms with E-state index in [-0.39, 0.29) is 18.1 Å². The highest BCUT2D eigenvalue weighted by Crippen LogP contribution is 2.40. The molecule has 6 heteroatoms. The summed E-state index contributed by atoms with van der Waals surface area (Å²) >= 11 is 0. The van der Waals surface area contributed by atoms with Crippen LogP contribution in [0.5, 0.6) is 17.2 Å². The Morgan fingerprint density at radius 1 is 1.21 bits per heavy atom. The Morgan fingerprint density at radius 3 is 2.86 bits per heavy atom. The van der Waals surface area contributed by atoms with E-state index in [1.54, 1.807) is 42.3 Å². The van der Waals surface area contributed by atoms with Gasteiger partial charge in [-0.3, -0.25) is 9.59 Å². The van der Waals surface area contributed by atoms with Gasteiger partial charge in [-0.15, -0.1) is 0 Å². The summed E-state index contributed by atoms with van der Waals surface area (Å²) in [5, 5.41) is 0. The number of ketones is 1. The zero-order valence-corrected chi connectivity index (χ0v) is 16.1. The number of carbonyl (C=O) groups excluding carboxylic acids is 2. The van der Waals surface area contributed by atoms with Crippen LogP contribution >= 0.6 is 0 Å². The Morgan fingerprint density at radius 2 is 2.07 bits per heavy atom. The number of fused-ring (bicyclic) bond motifs is 1. The lowest BCUT2D eigenvalue weighted by Crippen LogP contribution is -2.45. The van der Waals surface area contributed by atoms with Gasteiger partial charge in [-0.1, -0.05) is 6.07 Å². The van der Waals surface area contributed by atoms with Crippen molar-refractivity contribution >= 4 is 11.7 Å². The molecule has 0 saturated carbocycles. The summed E-state index contributed by atoms with van der Waals surface area (Å²) in [6, 6.07) is 12.4. The molecule has 1 unspecified atom stereocenters. The third kappa shape index (κ3) is 3.30. The number of amides is 1. The number of methoxy groups -OCH3 is 1. The van der Waals surface area contributed by atoms with E-state index in [0.29, 0.717) is 54.5 Å². The molecule has 2 aliphatic rings. The molecule has 1 atom stereocenters. The van der Waals surface area contributed by atoms with Crippen molar-refractivity contribution in [2.24, 2.45) is 0 Å². The summed E-state index contributed by atoms with van der Waals surface area (Å²) in [6.45, 7) is 3.40. The molecule has 28 heavy (non-hydrogen) atoms. The van der Waals surface area contributed by atoms with Crippen molar-refractivity contribution in [2.45, 2.75) is 25.4 Å². The minimum atomic E-state index is -0.661. The normalized spacial score (nSPS) is 20.6. The summed E-state index contributed by atoms with van der Waals surface area (Å²) in [5.41, 5.74) is 0.459. The predicted molar refractivity (Wildman–Crippen MR) is 103 cm³/mol. The zero-order valence-electron chi connectivity index (χ0n) is 16.1. The van der Waals surface area contributed by atoms with Gasteiger partial charge < -0.3 is 19.1 Å². The quantitative estimate of drug-likeness (QED) is 0.813. The first kappa shape index (κ1) is 18.3. The van der Waals surface area contributed by atoms with E-state index in [4.69, 9.17) is 14.2 Å². The van der Waals surface area contributed by atoms with Crippen LogP contribution in [0.2, 0.25) is 0 Å². The number of rotatable bonds is 4. The maximum absolute atomic E-state index is 13.0. The van der Waals surface area contributed by atoms with Gasteiger partial charge in [-0.25, -0.2) is 0 Å². The molecule has 2 heterocycles. The molecule has 4 rings (SSSR count). The van der Waals surface area contributed by atoms with Gasteiger partial charge in [-0.05, 0) is 43.3 Å². The topological polar surface area (TPSA) is 65.1 Å². The second-order valence-corrected chi connectivity index (χ2v) is 7.18. The second kappa shape index (κ2) is 7.19. The molecule has 0 aromatic heterocycles. The fourth-order valence-electron chi connectivity index (χ4n) is 3.91. The van der Waals surface area contributed by atoms with Crippen molar-refractivity contribution < 1.29 is 23.8 Å². The Labute approximate surface area is 164 Å². The molecule has 0 N–H and O–H groups in total. The molecule has 6 nitrogen and oxygen atoms in total. The number of hydrogen-bond acceptors (Lipinski definition) is 5. The number of nitrogens with zero attached hydrogens (tertiary/aromatic N) is 1. The average molecular weight is 381 g/mol. The monoisotopic (exact) mass is 381 g/mol. The van der Waals surface area contributed by atoms with Crippen molar-refractivity contribution in [1.29, 1.82) is 0 Å². The van der Waals surface area contributed by atoms with Gasteiger partial charge in [0, 0.05) is 18.5 Å². The third-order valence-electron chi connectivity index (χ3n) is 5.29. The third-order valence-corrected chi connectivity index (χ3v) is 5.29. The minimum Gasteiger partial charge on any atom is -0.497 e. The number of likely N-dealkylation sites (tertiary alicyclic amines) is 1. The van der Waals surface area contributed by atoms with Crippen LogP contribution in [0.1, 0.15) is 40.5 Å². The number of benzene rings is 2. The lowest BCUT2D eigenvalue weighted by Gasteiger charge is -2.34. The molecule has 2 aromatic rings. The van der Waals surface area contributed by atoms with Gasteiger partial charge in [0.15, 0.2) is 5.78 Å². The van der Waals surface area contributed by atoms with Crippen molar-refractivity contribution in [3.8, 4) is 17.2 Å². The maximum Gasteiger partial charge on any atom is 0.254 e. The van der Waals surface area contributed by atoms with Crippen LogP contribution in [0.25, 0.3) is 0 Å². The van der Waals surface area contributed by atoms with Gasteiger partial charge in [-0.2, -0.15) is 0 Å². The molecule has 1 spiro atoms. The summed E-state index contributed by atoms with van der Waals surface area (Å²) in [5.74, 6) is 1.81. The standard InChI is InChI=1S/C22H23NO5/c1-3-27-17-6-4-5-15(11-17)21(25)23-10-9-22(14-23)13-19(24)18-12-16(26-2)7-8-20(18)28-22/h4-8,11-12H,3,9-10,13-14H2,1-2H3. The second-order valence-electron chi connectivity index (χ2n) is 7.18. The molecule has 0 aliphatic carbocycles. The molecule has 1 amide bonds. The number of ether oxygens (including phenoxy) is 3. The van der Waals surface area contributed by atoms with E-state index in [2.05, 4.69) is 0 Å². The molecule has 1 fully saturated rings. The van der Waals surface area contributed by atoms with Crippen LogP contribution in [-0.4, -0.2) is 49.0 Å². The maximum atomic E-state index is 13.0. The van der Waals surface area contributed by atoms with E-state index >= 15 is 0 Å². The first-order valence-electron chi connectivity index (χ1n) is 9.46. The van der Waals surface area contributed by atoms with Crippen molar-refractivity contribution in [3.05, 3.63) is 53.6 Å². The highest BCUT2D eigenvalue weighted by molar-refractivity contribution is 6.01. The summed E-state index contributed by atoms with van der Waals surface area (Å²) in [6.07, 6.45) is 0.886. The first-order chi connectivity index (χ1) is 13.5. The summed E-state index contributed by atoms with van der Waals surface area (Å²) in [7, 11) is 1.57. The van der Waals surface area contributed by atoms with Gasteiger partial charge in [0.25, 0.3) is 5.91 Å². The van der Waals surface area contributed by atoms with Gasteiger partial charge in [0.2, 0.25) is 0 Å². The minimum absolute atomic E-state index is 0.0211. The van der Waals surface area contributed by atoms with Gasteiger partial charge >= 0.3 is 0 Å².